The number of hydrogen-bond acceptors (Lipinski definition) is 3. The number of thioether (sulfide) groups is 1. The Hall–Kier alpha value is -1.82. The second-order valence-corrected chi connectivity index (χ2v) is 5.24. The number of nitrogens with zero attached hydrogens (tertiary/aromatic N) is 2. The van der Waals surface area contributed by atoms with E-state index in [1.807, 2.05) is 13.2 Å². The largest absolute Gasteiger partial charge is 0.478 e. The van der Waals surface area contributed by atoms with Crippen molar-refractivity contribution >= 4 is 17.7 Å². The molecule has 0 saturated heterocycles. The van der Waals surface area contributed by atoms with Gasteiger partial charge >= 0.3 is 5.97 Å². The standard InChI is InChI=1S/C13H13FN2O2S/c1-16-8-9(7-15-16)4-5-19-10-2-3-12(14)11(6-10)13(17)18/h2-3,6-8H,4-5H2,1H3,(H,17,18). The number of aromatic carboxylic acids is 1. The molecule has 1 aromatic heterocycles. The van der Waals surface area contributed by atoms with E-state index in [0.717, 1.165) is 22.6 Å². The van der Waals surface area contributed by atoms with Crippen LogP contribution < -0.4 is 0 Å². The Morgan fingerprint density at radius 2 is 2.32 bits per heavy atom. The summed E-state index contributed by atoms with van der Waals surface area (Å²) >= 11 is 1.50. The molecule has 1 heterocycles. The number of carboxylic acids is 1. The average molecular weight is 280 g/mol. The summed E-state index contributed by atoms with van der Waals surface area (Å²) in [4.78, 5) is 11.6. The maximum Gasteiger partial charge on any atom is 0.338 e. The van der Waals surface area contributed by atoms with E-state index in [2.05, 4.69) is 5.10 Å². The van der Waals surface area contributed by atoms with Gasteiger partial charge in [0.1, 0.15) is 5.82 Å². The smallest absolute Gasteiger partial charge is 0.338 e. The van der Waals surface area contributed by atoms with E-state index in [9.17, 15) is 9.18 Å². The van der Waals surface area contributed by atoms with Crippen LogP contribution in [0.15, 0.2) is 35.5 Å². The molecule has 0 unspecified atom stereocenters. The highest BCUT2D eigenvalue weighted by molar-refractivity contribution is 7.99. The summed E-state index contributed by atoms with van der Waals surface area (Å²) in [5, 5.41) is 12.9. The molecule has 0 fully saturated rings. The van der Waals surface area contributed by atoms with E-state index in [1.165, 1.54) is 23.9 Å². The zero-order valence-electron chi connectivity index (χ0n) is 10.3. The second kappa shape index (κ2) is 5.88. The first-order valence-electron chi connectivity index (χ1n) is 5.69. The van der Waals surface area contributed by atoms with Gasteiger partial charge in [-0.15, -0.1) is 11.8 Å². The van der Waals surface area contributed by atoms with E-state index in [1.54, 1.807) is 16.9 Å². The van der Waals surface area contributed by atoms with Gasteiger partial charge in [0.25, 0.3) is 0 Å². The van der Waals surface area contributed by atoms with Gasteiger partial charge in [0.2, 0.25) is 0 Å². The first kappa shape index (κ1) is 13.6. The van der Waals surface area contributed by atoms with Crippen molar-refractivity contribution in [3.8, 4) is 0 Å². The van der Waals surface area contributed by atoms with Gasteiger partial charge in [-0.2, -0.15) is 5.10 Å². The third kappa shape index (κ3) is 3.57. The van der Waals surface area contributed by atoms with Crippen LogP contribution in [-0.2, 0) is 13.5 Å². The van der Waals surface area contributed by atoms with Crippen molar-refractivity contribution in [3.63, 3.8) is 0 Å². The van der Waals surface area contributed by atoms with Gasteiger partial charge in [-0.05, 0) is 30.2 Å². The summed E-state index contributed by atoms with van der Waals surface area (Å²) in [7, 11) is 1.86. The van der Waals surface area contributed by atoms with Crippen LogP contribution in [0, 0.1) is 5.82 Å². The van der Waals surface area contributed by atoms with E-state index >= 15 is 0 Å². The molecule has 0 bridgehead atoms. The Labute approximate surface area is 114 Å². The molecule has 100 valence electrons. The number of halogens is 1. The van der Waals surface area contributed by atoms with Crippen LogP contribution in [0.1, 0.15) is 15.9 Å². The van der Waals surface area contributed by atoms with Crippen molar-refractivity contribution < 1.29 is 14.3 Å². The van der Waals surface area contributed by atoms with Gasteiger partial charge in [0, 0.05) is 23.9 Å². The Bertz CT molecular complexity index is 598. The minimum Gasteiger partial charge on any atom is -0.478 e. The molecule has 0 radical (unpaired) electrons. The van der Waals surface area contributed by atoms with Crippen LogP contribution in [0.2, 0.25) is 0 Å². The summed E-state index contributed by atoms with van der Waals surface area (Å²) in [5.41, 5.74) is 0.835. The van der Waals surface area contributed by atoms with Gasteiger partial charge in [-0.25, -0.2) is 9.18 Å². The molecule has 1 N–H and O–H groups in total. The molecule has 0 atom stereocenters. The molecule has 2 aromatic rings. The lowest BCUT2D eigenvalue weighted by molar-refractivity contribution is 0.0691. The van der Waals surface area contributed by atoms with Crippen LogP contribution in [0.25, 0.3) is 0 Å². The van der Waals surface area contributed by atoms with Crippen LogP contribution in [0.5, 0.6) is 0 Å². The normalized spacial score (nSPS) is 10.6. The average Bonchev–Trinajstić information content (AvgIpc) is 2.77. The van der Waals surface area contributed by atoms with E-state index in [0.29, 0.717) is 0 Å². The summed E-state index contributed by atoms with van der Waals surface area (Å²) in [6.45, 7) is 0. The zero-order chi connectivity index (χ0) is 13.8. The minimum absolute atomic E-state index is 0.286. The molecule has 6 heteroatoms. The molecule has 0 amide bonds. The Morgan fingerprint density at radius 3 is 2.95 bits per heavy atom. The maximum absolute atomic E-state index is 13.2. The molecular formula is C13H13FN2O2S. The number of rotatable bonds is 5. The van der Waals surface area contributed by atoms with Crippen molar-refractivity contribution in [1.29, 1.82) is 0 Å². The fourth-order valence-electron chi connectivity index (χ4n) is 1.65. The van der Waals surface area contributed by atoms with Crippen LogP contribution in [0.4, 0.5) is 4.39 Å². The zero-order valence-corrected chi connectivity index (χ0v) is 11.2. The van der Waals surface area contributed by atoms with Crippen molar-refractivity contribution in [1.82, 2.24) is 9.78 Å². The summed E-state index contributed by atoms with van der Waals surface area (Å²) in [5.74, 6) is -1.16. The van der Waals surface area contributed by atoms with E-state index in [-0.39, 0.29) is 5.56 Å². The quantitative estimate of drug-likeness (QED) is 0.855. The molecule has 0 spiro atoms. The minimum atomic E-state index is -1.24. The Morgan fingerprint density at radius 1 is 1.53 bits per heavy atom. The lowest BCUT2D eigenvalue weighted by Gasteiger charge is -2.03. The van der Waals surface area contributed by atoms with Gasteiger partial charge in [-0.3, -0.25) is 4.68 Å². The molecule has 0 aliphatic heterocycles. The highest BCUT2D eigenvalue weighted by atomic mass is 32.2. The van der Waals surface area contributed by atoms with Crippen LogP contribution in [0.3, 0.4) is 0 Å². The molecule has 2 rings (SSSR count). The highest BCUT2D eigenvalue weighted by Crippen LogP contribution is 2.22. The predicted octanol–water partition coefficient (Wildman–Crippen LogP) is 2.59. The third-order valence-electron chi connectivity index (χ3n) is 2.59. The van der Waals surface area contributed by atoms with Crippen molar-refractivity contribution in [2.45, 2.75) is 11.3 Å². The highest BCUT2D eigenvalue weighted by Gasteiger charge is 2.10. The van der Waals surface area contributed by atoms with Crippen LogP contribution in [-0.4, -0.2) is 26.6 Å². The monoisotopic (exact) mass is 280 g/mol. The Kier molecular flexibility index (Phi) is 4.21. The number of carboxylic acid groups (broad SMARTS) is 1. The van der Waals surface area contributed by atoms with Crippen molar-refractivity contribution in [2.75, 3.05) is 5.75 Å². The lowest BCUT2D eigenvalue weighted by Crippen LogP contribution is -2.00. The molecule has 0 saturated carbocycles. The van der Waals surface area contributed by atoms with Gasteiger partial charge < -0.3 is 5.11 Å². The second-order valence-electron chi connectivity index (χ2n) is 4.07. The fourth-order valence-corrected chi connectivity index (χ4v) is 2.58. The molecule has 4 nitrogen and oxygen atoms in total. The number of benzene rings is 1. The first-order valence-corrected chi connectivity index (χ1v) is 6.68. The summed E-state index contributed by atoms with van der Waals surface area (Å²) in [6, 6.07) is 4.15. The molecule has 19 heavy (non-hydrogen) atoms. The number of carbonyl (C=O) groups is 1. The number of aromatic nitrogens is 2. The first-order chi connectivity index (χ1) is 9.06. The van der Waals surface area contributed by atoms with Crippen LogP contribution >= 0.6 is 11.8 Å². The van der Waals surface area contributed by atoms with Gasteiger partial charge in [-0.1, -0.05) is 0 Å². The van der Waals surface area contributed by atoms with Gasteiger partial charge in [0.15, 0.2) is 0 Å². The maximum atomic E-state index is 13.2. The van der Waals surface area contributed by atoms with E-state index < -0.39 is 11.8 Å². The Balaban J connectivity index is 1.96. The number of aryl methyl sites for hydroxylation is 2. The molecular weight excluding hydrogens is 267 g/mol. The fraction of sp³-hybridized carbons (Fsp3) is 0.231. The number of hydrogen-bond donors (Lipinski definition) is 1. The molecule has 0 aliphatic carbocycles. The summed E-state index contributed by atoms with van der Waals surface area (Å²) in [6.07, 6.45) is 4.57. The third-order valence-corrected chi connectivity index (χ3v) is 3.58. The predicted molar refractivity (Wildman–Crippen MR) is 71.0 cm³/mol. The van der Waals surface area contributed by atoms with Gasteiger partial charge in [0.05, 0.1) is 11.8 Å². The van der Waals surface area contributed by atoms with Crippen molar-refractivity contribution in [2.24, 2.45) is 7.05 Å². The molecule has 0 aliphatic rings. The topological polar surface area (TPSA) is 55.1 Å². The van der Waals surface area contributed by atoms with E-state index in [4.69, 9.17) is 5.11 Å². The summed E-state index contributed by atoms with van der Waals surface area (Å²) < 4.78 is 14.9. The van der Waals surface area contributed by atoms with Crippen molar-refractivity contribution in [3.05, 3.63) is 47.5 Å². The lowest BCUT2D eigenvalue weighted by atomic mass is 10.2. The molecule has 1 aromatic carbocycles. The SMILES string of the molecule is Cn1cc(CCSc2ccc(F)c(C(=O)O)c2)cn1.